The van der Waals surface area contributed by atoms with E-state index in [1.54, 1.807) is 18.1 Å². The molecule has 0 radical (unpaired) electrons. The number of para-hydroxylation sites is 1. The van der Waals surface area contributed by atoms with Crippen LogP contribution in [-0.4, -0.2) is 52.4 Å². The van der Waals surface area contributed by atoms with E-state index in [-0.39, 0.29) is 30.1 Å². The second-order valence-corrected chi connectivity index (χ2v) is 5.33. The van der Waals surface area contributed by atoms with Gasteiger partial charge in [-0.1, -0.05) is 18.2 Å². The van der Waals surface area contributed by atoms with E-state index in [0.29, 0.717) is 13.1 Å². The second-order valence-electron chi connectivity index (χ2n) is 5.33. The van der Waals surface area contributed by atoms with E-state index >= 15 is 0 Å². The molecule has 2 aromatic rings. The molecule has 0 saturated carbocycles. The third-order valence-corrected chi connectivity index (χ3v) is 3.39. The zero-order valence-corrected chi connectivity index (χ0v) is 16.8. The van der Waals surface area contributed by atoms with Crippen molar-refractivity contribution in [1.29, 1.82) is 0 Å². The molecule has 2 rings (SSSR count). The molecule has 1 aromatic heterocycles. The van der Waals surface area contributed by atoms with Crippen LogP contribution in [0.25, 0.3) is 0 Å². The molecule has 1 unspecified atom stereocenters. The maximum atomic E-state index is 5.85. The summed E-state index contributed by atoms with van der Waals surface area (Å²) in [4.78, 5) is 10.5. The first-order valence-electron chi connectivity index (χ1n) is 7.56. The van der Waals surface area contributed by atoms with Gasteiger partial charge in [0.2, 0.25) is 0 Å². The van der Waals surface area contributed by atoms with E-state index in [9.17, 15) is 0 Å². The lowest BCUT2D eigenvalue weighted by atomic mass is 10.3. The Kier molecular flexibility index (Phi) is 8.51. The molecule has 0 fully saturated rings. The summed E-state index contributed by atoms with van der Waals surface area (Å²) >= 11 is 0. The number of aliphatic imine (C=N–C) groups is 1. The van der Waals surface area contributed by atoms with Crippen LogP contribution in [-0.2, 0) is 13.6 Å². The molecule has 0 amide bonds. The molecule has 132 valence electrons. The highest BCUT2D eigenvalue weighted by molar-refractivity contribution is 14.0. The fourth-order valence-corrected chi connectivity index (χ4v) is 2.14. The van der Waals surface area contributed by atoms with Gasteiger partial charge in [0.25, 0.3) is 0 Å². The number of ether oxygens (including phenoxy) is 1. The van der Waals surface area contributed by atoms with E-state index in [1.165, 1.54) is 0 Å². The Morgan fingerprint density at radius 3 is 2.67 bits per heavy atom. The number of hydrogen-bond acceptors (Lipinski definition) is 4. The summed E-state index contributed by atoms with van der Waals surface area (Å²) < 4.78 is 7.61. The number of halogens is 1. The summed E-state index contributed by atoms with van der Waals surface area (Å²) in [5, 5.41) is 7.39. The van der Waals surface area contributed by atoms with Gasteiger partial charge in [0, 0.05) is 21.1 Å². The van der Waals surface area contributed by atoms with Gasteiger partial charge in [-0.3, -0.25) is 9.67 Å². The number of aromatic nitrogens is 3. The highest BCUT2D eigenvalue weighted by Crippen LogP contribution is 2.10. The quantitative estimate of drug-likeness (QED) is 0.419. The normalized spacial score (nSPS) is 12.2. The Balaban J connectivity index is 0.00000288. The van der Waals surface area contributed by atoms with E-state index in [1.807, 2.05) is 56.3 Å². The standard InChI is InChI=1S/C16H24N6O.HI/c1-13(23-14-8-6-5-7-9-14)10-18-16(17-2)21(3)11-15-19-12-20-22(15)4;/h5-9,12-13H,10-11H2,1-4H3,(H,17,18);1H. The Morgan fingerprint density at radius 1 is 1.38 bits per heavy atom. The minimum atomic E-state index is 0. The van der Waals surface area contributed by atoms with Crippen molar-refractivity contribution in [3.63, 3.8) is 0 Å². The molecule has 7 nitrogen and oxygen atoms in total. The van der Waals surface area contributed by atoms with Crippen LogP contribution in [0.4, 0.5) is 0 Å². The molecular weight excluding hydrogens is 419 g/mol. The molecule has 24 heavy (non-hydrogen) atoms. The highest BCUT2D eigenvalue weighted by Gasteiger charge is 2.11. The van der Waals surface area contributed by atoms with E-state index in [0.717, 1.165) is 17.5 Å². The van der Waals surface area contributed by atoms with Gasteiger partial charge in [0.15, 0.2) is 5.96 Å². The average Bonchev–Trinajstić information content (AvgIpc) is 2.94. The van der Waals surface area contributed by atoms with Crippen molar-refractivity contribution in [2.24, 2.45) is 12.0 Å². The van der Waals surface area contributed by atoms with Gasteiger partial charge in [-0.25, -0.2) is 4.98 Å². The van der Waals surface area contributed by atoms with Crippen LogP contribution in [0.2, 0.25) is 0 Å². The van der Waals surface area contributed by atoms with Gasteiger partial charge >= 0.3 is 0 Å². The van der Waals surface area contributed by atoms with Crippen LogP contribution in [0.15, 0.2) is 41.7 Å². The number of aryl methyl sites for hydroxylation is 1. The largest absolute Gasteiger partial charge is 0.489 e. The second kappa shape index (κ2) is 10.1. The van der Waals surface area contributed by atoms with Crippen LogP contribution < -0.4 is 10.1 Å². The van der Waals surface area contributed by atoms with Crippen molar-refractivity contribution in [2.45, 2.75) is 19.6 Å². The first-order chi connectivity index (χ1) is 11.1. The van der Waals surface area contributed by atoms with Crippen molar-refractivity contribution in [3.8, 4) is 5.75 Å². The van der Waals surface area contributed by atoms with Crippen LogP contribution in [0.1, 0.15) is 12.7 Å². The summed E-state index contributed by atoms with van der Waals surface area (Å²) in [5.41, 5.74) is 0. The van der Waals surface area contributed by atoms with Gasteiger partial charge in [-0.2, -0.15) is 5.10 Å². The molecule has 8 heteroatoms. The first-order valence-corrected chi connectivity index (χ1v) is 7.56. The maximum absolute atomic E-state index is 5.85. The van der Waals surface area contributed by atoms with Gasteiger partial charge in [-0.05, 0) is 19.1 Å². The van der Waals surface area contributed by atoms with Crippen molar-refractivity contribution in [3.05, 3.63) is 42.5 Å². The third kappa shape index (κ3) is 5.99. The number of hydrogen-bond donors (Lipinski definition) is 1. The van der Waals surface area contributed by atoms with Crippen molar-refractivity contribution >= 4 is 29.9 Å². The molecule has 0 aliphatic heterocycles. The Hall–Kier alpha value is -1.84. The summed E-state index contributed by atoms with van der Waals surface area (Å²) in [6.07, 6.45) is 1.58. The fourth-order valence-electron chi connectivity index (χ4n) is 2.14. The zero-order valence-electron chi connectivity index (χ0n) is 14.5. The predicted octanol–water partition coefficient (Wildman–Crippen LogP) is 1.91. The molecule has 0 aliphatic carbocycles. The van der Waals surface area contributed by atoms with Crippen LogP contribution in [0.3, 0.4) is 0 Å². The number of benzene rings is 1. The van der Waals surface area contributed by atoms with Crippen LogP contribution >= 0.6 is 24.0 Å². The number of nitrogens with zero attached hydrogens (tertiary/aromatic N) is 5. The lowest BCUT2D eigenvalue weighted by Crippen LogP contribution is -2.42. The summed E-state index contributed by atoms with van der Waals surface area (Å²) in [6, 6.07) is 9.79. The summed E-state index contributed by atoms with van der Waals surface area (Å²) in [7, 11) is 5.60. The summed E-state index contributed by atoms with van der Waals surface area (Å²) in [5.74, 6) is 2.53. The third-order valence-electron chi connectivity index (χ3n) is 3.39. The Bertz CT molecular complexity index is 631. The van der Waals surface area contributed by atoms with Crippen LogP contribution in [0.5, 0.6) is 5.75 Å². The van der Waals surface area contributed by atoms with Gasteiger partial charge in [0.05, 0.1) is 13.1 Å². The van der Waals surface area contributed by atoms with E-state index in [2.05, 4.69) is 20.4 Å². The fraction of sp³-hybridized carbons (Fsp3) is 0.438. The lowest BCUT2D eigenvalue weighted by molar-refractivity contribution is 0.222. The SMILES string of the molecule is CN=C(NCC(C)Oc1ccccc1)N(C)Cc1ncnn1C.I. The minimum Gasteiger partial charge on any atom is -0.489 e. The smallest absolute Gasteiger partial charge is 0.193 e. The molecule has 0 bridgehead atoms. The minimum absolute atomic E-state index is 0. The van der Waals surface area contributed by atoms with Gasteiger partial charge in [0.1, 0.15) is 24.0 Å². The lowest BCUT2D eigenvalue weighted by Gasteiger charge is -2.23. The highest BCUT2D eigenvalue weighted by atomic mass is 127. The molecule has 0 aliphatic rings. The molecular formula is C16H25IN6O. The van der Waals surface area contributed by atoms with Gasteiger partial charge < -0.3 is 15.0 Å². The van der Waals surface area contributed by atoms with E-state index < -0.39 is 0 Å². The number of nitrogens with one attached hydrogen (secondary N) is 1. The number of guanidine groups is 1. The molecule has 0 spiro atoms. The molecule has 1 N–H and O–H groups in total. The molecule has 0 saturated heterocycles. The van der Waals surface area contributed by atoms with Crippen LogP contribution in [0, 0.1) is 0 Å². The molecule has 1 atom stereocenters. The van der Waals surface area contributed by atoms with Crippen molar-refractivity contribution in [2.75, 3.05) is 20.6 Å². The van der Waals surface area contributed by atoms with Crippen molar-refractivity contribution in [1.82, 2.24) is 25.0 Å². The predicted molar refractivity (Wildman–Crippen MR) is 106 cm³/mol. The molecule has 1 heterocycles. The first kappa shape index (κ1) is 20.2. The number of rotatable bonds is 6. The average molecular weight is 444 g/mol. The van der Waals surface area contributed by atoms with Gasteiger partial charge in [-0.15, -0.1) is 24.0 Å². The topological polar surface area (TPSA) is 67.6 Å². The molecule has 1 aromatic carbocycles. The van der Waals surface area contributed by atoms with Crippen molar-refractivity contribution < 1.29 is 4.74 Å². The van der Waals surface area contributed by atoms with E-state index in [4.69, 9.17) is 4.74 Å². The Labute approximate surface area is 160 Å². The Morgan fingerprint density at radius 2 is 2.08 bits per heavy atom. The zero-order chi connectivity index (χ0) is 16.7. The summed E-state index contributed by atoms with van der Waals surface area (Å²) in [6.45, 7) is 3.31. The monoisotopic (exact) mass is 444 g/mol. The maximum Gasteiger partial charge on any atom is 0.193 e.